The number of nitrogens with zero attached hydrogens (tertiary/aromatic N) is 2. The highest BCUT2D eigenvalue weighted by Gasteiger charge is 2.16. The molecule has 2 unspecified atom stereocenters. The summed E-state index contributed by atoms with van der Waals surface area (Å²) < 4.78 is 6.08. The van der Waals surface area contributed by atoms with Crippen LogP contribution >= 0.6 is 0 Å². The molecule has 1 aromatic rings. The molecular weight excluding hydrogens is 262 g/mol. The Morgan fingerprint density at radius 3 is 2.80 bits per heavy atom. The first-order valence-electron chi connectivity index (χ1n) is 6.48. The lowest BCUT2D eigenvalue weighted by atomic mass is 10.1. The van der Waals surface area contributed by atoms with Crippen LogP contribution in [0.25, 0.3) is 0 Å². The largest absolute Gasteiger partial charge is 0.396 e. The molecule has 0 spiro atoms. The molecule has 2 atom stereocenters. The molecule has 0 aromatic carbocycles. The number of hydrogen-bond donors (Lipinski definition) is 2. The van der Waals surface area contributed by atoms with Gasteiger partial charge in [-0.25, -0.2) is 4.68 Å². The topological polar surface area (TPSA) is 93.5 Å². The molecule has 7 nitrogen and oxygen atoms in total. The maximum absolute atomic E-state index is 12.0. The quantitative estimate of drug-likeness (QED) is 0.712. The Bertz CT molecular complexity index is 501. The lowest BCUT2D eigenvalue weighted by molar-refractivity contribution is 0.0907. The SMILES string of the molecule is COCCn1nc(C(=O)NC(C)C(C)CO)ccc1=O. The predicted octanol–water partition coefficient (Wildman–Crippen LogP) is -0.364. The van der Waals surface area contributed by atoms with Gasteiger partial charge in [0, 0.05) is 25.8 Å². The fourth-order valence-corrected chi connectivity index (χ4v) is 1.49. The van der Waals surface area contributed by atoms with Gasteiger partial charge in [-0.3, -0.25) is 9.59 Å². The second kappa shape index (κ2) is 7.76. The molecule has 1 rings (SSSR count). The van der Waals surface area contributed by atoms with E-state index < -0.39 is 0 Å². The number of aliphatic hydroxyl groups is 1. The lowest BCUT2D eigenvalue weighted by Gasteiger charge is -2.19. The molecule has 112 valence electrons. The summed E-state index contributed by atoms with van der Waals surface area (Å²) >= 11 is 0. The van der Waals surface area contributed by atoms with Crippen molar-refractivity contribution in [1.29, 1.82) is 0 Å². The molecule has 0 aliphatic carbocycles. The van der Waals surface area contributed by atoms with Gasteiger partial charge in [0.25, 0.3) is 11.5 Å². The van der Waals surface area contributed by atoms with E-state index in [0.29, 0.717) is 13.2 Å². The Morgan fingerprint density at radius 2 is 2.20 bits per heavy atom. The molecule has 0 fully saturated rings. The Kier molecular flexibility index (Phi) is 6.33. The number of rotatable bonds is 7. The third-order valence-corrected chi connectivity index (χ3v) is 3.11. The van der Waals surface area contributed by atoms with E-state index >= 15 is 0 Å². The van der Waals surface area contributed by atoms with Gasteiger partial charge in [0.1, 0.15) is 5.69 Å². The second-order valence-electron chi connectivity index (χ2n) is 4.69. The van der Waals surface area contributed by atoms with Crippen LogP contribution in [-0.4, -0.2) is 47.2 Å². The van der Waals surface area contributed by atoms with Crippen molar-refractivity contribution in [3.63, 3.8) is 0 Å². The molecule has 0 radical (unpaired) electrons. The molecule has 1 amide bonds. The molecule has 20 heavy (non-hydrogen) atoms. The van der Waals surface area contributed by atoms with Crippen molar-refractivity contribution >= 4 is 5.91 Å². The van der Waals surface area contributed by atoms with Gasteiger partial charge in [-0.1, -0.05) is 6.92 Å². The average molecular weight is 283 g/mol. The summed E-state index contributed by atoms with van der Waals surface area (Å²) in [5.41, 5.74) is -0.118. The molecule has 1 heterocycles. The van der Waals surface area contributed by atoms with E-state index in [1.54, 1.807) is 6.92 Å². The number of aromatic nitrogens is 2. The molecule has 2 N–H and O–H groups in total. The van der Waals surface area contributed by atoms with Crippen molar-refractivity contribution in [3.8, 4) is 0 Å². The molecule has 0 saturated carbocycles. The highest BCUT2D eigenvalue weighted by molar-refractivity contribution is 5.92. The molecule has 0 saturated heterocycles. The van der Waals surface area contributed by atoms with E-state index in [0.717, 1.165) is 0 Å². The fourth-order valence-electron chi connectivity index (χ4n) is 1.49. The Balaban J connectivity index is 2.80. The van der Waals surface area contributed by atoms with Crippen molar-refractivity contribution in [2.75, 3.05) is 20.3 Å². The number of carbonyl (C=O) groups excluding carboxylic acids is 1. The first kappa shape index (κ1) is 16.3. The van der Waals surface area contributed by atoms with Gasteiger partial charge < -0.3 is 15.2 Å². The third-order valence-electron chi connectivity index (χ3n) is 3.11. The second-order valence-corrected chi connectivity index (χ2v) is 4.69. The number of hydrogen-bond acceptors (Lipinski definition) is 5. The van der Waals surface area contributed by atoms with E-state index in [2.05, 4.69) is 10.4 Å². The Hall–Kier alpha value is -1.73. The number of ether oxygens (including phenoxy) is 1. The average Bonchev–Trinajstić information content (AvgIpc) is 2.45. The van der Waals surface area contributed by atoms with Crippen LogP contribution in [-0.2, 0) is 11.3 Å². The minimum Gasteiger partial charge on any atom is -0.396 e. The standard InChI is InChI=1S/C13H21N3O4/c1-9(8-17)10(2)14-13(19)11-4-5-12(18)16(15-11)6-7-20-3/h4-5,9-10,17H,6-8H2,1-3H3,(H,14,19). The first-order valence-corrected chi connectivity index (χ1v) is 6.48. The van der Waals surface area contributed by atoms with Gasteiger partial charge in [-0.05, 0) is 18.9 Å². The van der Waals surface area contributed by atoms with Gasteiger partial charge in [-0.2, -0.15) is 5.10 Å². The van der Waals surface area contributed by atoms with Gasteiger partial charge in [0.15, 0.2) is 0 Å². The normalized spacial score (nSPS) is 13.8. The monoisotopic (exact) mass is 283 g/mol. The van der Waals surface area contributed by atoms with E-state index in [-0.39, 0.29) is 35.7 Å². The molecule has 0 bridgehead atoms. The maximum Gasteiger partial charge on any atom is 0.271 e. The lowest BCUT2D eigenvalue weighted by Crippen LogP contribution is -2.39. The summed E-state index contributed by atoms with van der Waals surface area (Å²) in [7, 11) is 1.53. The summed E-state index contributed by atoms with van der Waals surface area (Å²) in [4.78, 5) is 23.6. The van der Waals surface area contributed by atoms with Gasteiger partial charge in [0.05, 0.1) is 13.2 Å². The smallest absolute Gasteiger partial charge is 0.271 e. The maximum atomic E-state index is 12.0. The fraction of sp³-hybridized carbons (Fsp3) is 0.615. The van der Waals surface area contributed by atoms with E-state index in [9.17, 15) is 9.59 Å². The number of carbonyl (C=O) groups is 1. The number of methoxy groups -OCH3 is 1. The van der Waals surface area contributed by atoms with Crippen LogP contribution in [0.1, 0.15) is 24.3 Å². The van der Waals surface area contributed by atoms with E-state index in [1.807, 2.05) is 6.92 Å². The summed E-state index contributed by atoms with van der Waals surface area (Å²) in [5, 5.41) is 15.8. The van der Waals surface area contributed by atoms with Crippen molar-refractivity contribution in [2.45, 2.75) is 26.4 Å². The van der Waals surface area contributed by atoms with Crippen LogP contribution in [0.4, 0.5) is 0 Å². The molecule has 0 aliphatic rings. The van der Waals surface area contributed by atoms with Crippen molar-refractivity contribution in [2.24, 2.45) is 5.92 Å². The van der Waals surface area contributed by atoms with Gasteiger partial charge in [0.2, 0.25) is 0 Å². The predicted molar refractivity (Wildman–Crippen MR) is 73.6 cm³/mol. The highest BCUT2D eigenvalue weighted by atomic mass is 16.5. The molecule has 1 aromatic heterocycles. The summed E-state index contributed by atoms with van der Waals surface area (Å²) in [6.07, 6.45) is 0. The number of amides is 1. The van der Waals surface area contributed by atoms with Gasteiger partial charge in [-0.15, -0.1) is 0 Å². The zero-order valence-electron chi connectivity index (χ0n) is 12.0. The minimum absolute atomic E-state index is 0.0117. The summed E-state index contributed by atoms with van der Waals surface area (Å²) in [6, 6.07) is 2.50. The summed E-state index contributed by atoms with van der Waals surface area (Å²) in [5.74, 6) is -0.428. The molecule has 7 heteroatoms. The van der Waals surface area contributed by atoms with Crippen molar-refractivity contribution < 1.29 is 14.6 Å². The third kappa shape index (κ3) is 4.43. The Morgan fingerprint density at radius 1 is 1.50 bits per heavy atom. The van der Waals surface area contributed by atoms with Crippen LogP contribution in [0.5, 0.6) is 0 Å². The van der Waals surface area contributed by atoms with E-state index in [4.69, 9.17) is 9.84 Å². The van der Waals surface area contributed by atoms with Crippen molar-refractivity contribution in [1.82, 2.24) is 15.1 Å². The van der Waals surface area contributed by atoms with Crippen LogP contribution in [0, 0.1) is 5.92 Å². The zero-order valence-corrected chi connectivity index (χ0v) is 12.0. The van der Waals surface area contributed by atoms with Crippen LogP contribution in [0.3, 0.4) is 0 Å². The summed E-state index contributed by atoms with van der Waals surface area (Å²) in [6.45, 7) is 4.26. The molecule has 0 aliphatic heterocycles. The van der Waals surface area contributed by atoms with Gasteiger partial charge >= 0.3 is 0 Å². The van der Waals surface area contributed by atoms with Crippen LogP contribution in [0.2, 0.25) is 0 Å². The number of nitrogens with one attached hydrogen (secondary N) is 1. The first-order chi connectivity index (χ1) is 9.49. The van der Waals surface area contributed by atoms with Crippen LogP contribution < -0.4 is 10.9 Å². The Labute approximate surface area is 117 Å². The number of aliphatic hydroxyl groups excluding tert-OH is 1. The zero-order chi connectivity index (χ0) is 15.1. The van der Waals surface area contributed by atoms with Crippen LogP contribution in [0.15, 0.2) is 16.9 Å². The minimum atomic E-state index is -0.371. The molecular formula is C13H21N3O4. The van der Waals surface area contributed by atoms with E-state index in [1.165, 1.54) is 23.9 Å². The highest BCUT2D eigenvalue weighted by Crippen LogP contribution is 2.02. The van der Waals surface area contributed by atoms with Crippen molar-refractivity contribution in [3.05, 3.63) is 28.2 Å².